The standard InChI is InChI=1S/C17H22N4O2/c1-12-3-8-21-14(9-12)19-10-13(16(21)23)15(22)20-11-17(2)4-6-18-7-5-17/h3,8-10,18H,4-7,11H2,1-2H3,(H,20,22). The van der Waals surface area contributed by atoms with Gasteiger partial charge in [0.05, 0.1) is 0 Å². The largest absolute Gasteiger partial charge is 0.351 e. The van der Waals surface area contributed by atoms with Gasteiger partial charge in [0, 0.05) is 18.9 Å². The predicted octanol–water partition coefficient (Wildman–Crippen LogP) is 1.12. The number of hydrogen-bond acceptors (Lipinski definition) is 4. The first-order valence-corrected chi connectivity index (χ1v) is 7.95. The first-order valence-electron chi connectivity index (χ1n) is 7.95. The zero-order chi connectivity index (χ0) is 16.4. The van der Waals surface area contributed by atoms with Crippen LogP contribution in [-0.2, 0) is 0 Å². The van der Waals surface area contributed by atoms with Gasteiger partial charge in [-0.3, -0.25) is 14.0 Å². The Labute approximate surface area is 134 Å². The third-order valence-electron chi connectivity index (χ3n) is 4.60. The van der Waals surface area contributed by atoms with Crippen LogP contribution in [0.5, 0.6) is 0 Å². The van der Waals surface area contributed by atoms with Crippen molar-refractivity contribution in [3.8, 4) is 0 Å². The summed E-state index contributed by atoms with van der Waals surface area (Å²) in [4.78, 5) is 29.1. The third kappa shape index (κ3) is 3.27. The van der Waals surface area contributed by atoms with E-state index in [0.29, 0.717) is 12.2 Å². The van der Waals surface area contributed by atoms with Gasteiger partial charge in [0.2, 0.25) is 0 Å². The minimum Gasteiger partial charge on any atom is -0.351 e. The number of carbonyl (C=O) groups excluding carboxylic acids is 1. The van der Waals surface area contributed by atoms with Gasteiger partial charge >= 0.3 is 0 Å². The summed E-state index contributed by atoms with van der Waals surface area (Å²) in [6.45, 7) is 6.61. The molecule has 122 valence electrons. The van der Waals surface area contributed by atoms with Crippen LogP contribution in [0.4, 0.5) is 0 Å². The summed E-state index contributed by atoms with van der Waals surface area (Å²) in [7, 11) is 0. The molecular weight excluding hydrogens is 292 g/mol. The van der Waals surface area contributed by atoms with Crippen LogP contribution in [0.25, 0.3) is 5.65 Å². The molecule has 0 spiro atoms. The van der Waals surface area contributed by atoms with Crippen LogP contribution in [0.1, 0.15) is 35.7 Å². The number of aryl methyl sites for hydroxylation is 1. The summed E-state index contributed by atoms with van der Waals surface area (Å²) in [5.74, 6) is -0.350. The van der Waals surface area contributed by atoms with E-state index >= 15 is 0 Å². The SMILES string of the molecule is Cc1ccn2c(=O)c(C(=O)NCC3(C)CCNCC3)cnc2c1. The third-order valence-corrected chi connectivity index (χ3v) is 4.60. The molecule has 1 fully saturated rings. The van der Waals surface area contributed by atoms with E-state index in [4.69, 9.17) is 0 Å². The highest BCUT2D eigenvalue weighted by Gasteiger charge is 2.27. The molecule has 0 unspecified atom stereocenters. The fourth-order valence-corrected chi connectivity index (χ4v) is 2.93. The van der Waals surface area contributed by atoms with Crippen LogP contribution < -0.4 is 16.2 Å². The summed E-state index contributed by atoms with van der Waals surface area (Å²) in [5.41, 5.74) is 1.41. The van der Waals surface area contributed by atoms with E-state index in [1.807, 2.05) is 19.1 Å². The predicted molar refractivity (Wildman–Crippen MR) is 88.7 cm³/mol. The number of nitrogens with zero attached hydrogens (tertiary/aromatic N) is 2. The Bertz CT molecular complexity index is 791. The second kappa shape index (κ2) is 6.12. The normalized spacial score (nSPS) is 17.1. The Morgan fingerprint density at radius 3 is 2.91 bits per heavy atom. The molecule has 0 atom stereocenters. The van der Waals surface area contributed by atoms with Crippen molar-refractivity contribution in [1.29, 1.82) is 0 Å². The molecule has 6 heteroatoms. The molecule has 1 aliphatic rings. The second-order valence-electron chi connectivity index (χ2n) is 6.65. The fraction of sp³-hybridized carbons (Fsp3) is 0.471. The number of hydrogen-bond donors (Lipinski definition) is 2. The van der Waals surface area contributed by atoms with Crippen LogP contribution in [0, 0.1) is 12.3 Å². The number of fused-ring (bicyclic) bond motifs is 1. The average molecular weight is 314 g/mol. The fourth-order valence-electron chi connectivity index (χ4n) is 2.93. The number of amides is 1. The monoisotopic (exact) mass is 314 g/mol. The van der Waals surface area contributed by atoms with E-state index in [1.165, 1.54) is 10.6 Å². The summed E-state index contributed by atoms with van der Waals surface area (Å²) < 4.78 is 1.41. The topological polar surface area (TPSA) is 75.5 Å². The number of carbonyl (C=O) groups is 1. The summed E-state index contributed by atoms with van der Waals surface area (Å²) >= 11 is 0. The van der Waals surface area contributed by atoms with E-state index in [9.17, 15) is 9.59 Å². The molecule has 2 aromatic rings. The van der Waals surface area contributed by atoms with E-state index < -0.39 is 0 Å². The molecule has 0 aromatic carbocycles. The van der Waals surface area contributed by atoms with Crippen LogP contribution in [0.2, 0.25) is 0 Å². The van der Waals surface area contributed by atoms with Crippen LogP contribution in [0.15, 0.2) is 29.3 Å². The van der Waals surface area contributed by atoms with Crippen molar-refractivity contribution in [2.45, 2.75) is 26.7 Å². The number of rotatable bonds is 3. The van der Waals surface area contributed by atoms with Crippen LogP contribution >= 0.6 is 0 Å². The average Bonchev–Trinajstić information content (AvgIpc) is 2.53. The van der Waals surface area contributed by atoms with Gasteiger partial charge in [0.1, 0.15) is 11.2 Å². The molecule has 2 aromatic heterocycles. The van der Waals surface area contributed by atoms with Gasteiger partial charge in [0.15, 0.2) is 0 Å². The molecule has 2 N–H and O–H groups in total. The summed E-state index contributed by atoms with van der Waals surface area (Å²) in [5, 5.41) is 6.22. The van der Waals surface area contributed by atoms with Gasteiger partial charge in [-0.1, -0.05) is 6.92 Å². The van der Waals surface area contributed by atoms with E-state index in [1.54, 1.807) is 6.20 Å². The lowest BCUT2D eigenvalue weighted by atomic mass is 9.81. The lowest BCUT2D eigenvalue weighted by Crippen LogP contribution is -2.43. The molecule has 0 aliphatic carbocycles. The number of pyridine rings is 1. The molecule has 1 amide bonds. The Hall–Kier alpha value is -2.21. The molecule has 1 saturated heterocycles. The lowest BCUT2D eigenvalue weighted by molar-refractivity contribution is 0.0920. The van der Waals surface area contributed by atoms with E-state index in [2.05, 4.69) is 22.5 Å². The van der Waals surface area contributed by atoms with Gasteiger partial charge in [-0.15, -0.1) is 0 Å². The lowest BCUT2D eigenvalue weighted by Gasteiger charge is -2.34. The van der Waals surface area contributed by atoms with Gasteiger partial charge in [-0.25, -0.2) is 4.98 Å². The number of nitrogens with one attached hydrogen (secondary N) is 2. The van der Waals surface area contributed by atoms with Crippen LogP contribution in [-0.4, -0.2) is 34.9 Å². The maximum Gasteiger partial charge on any atom is 0.270 e. The Morgan fingerprint density at radius 2 is 2.17 bits per heavy atom. The Morgan fingerprint density at radius 1 is 1.43 bits per heavy atom. The highest BCUT2D eigenvalue weighted by atomic mass is 16.2. The van der Waals surface area contributed by atoms with Crippen molar-refractivity contribution < 1.29 is 4.79 Å². The smallest absolute Gasteiger partial charge is 0.270 e. The number of aromatic nitrogens is 2. The van der Waals surface area contributed by atoms with Gasteiger partial charge in [-0.05, 0) is 56.0 Å². The molecule has 23 heavy (non-hydrogen) atoms. The Kier molecular flexibility index (Phi) is 4.17. The Balaban J connectivity index is 1.79. The van der Waals surface area contributed by atoms with Crippen molar-refractivity contribution in [1.82, 2.24) is 20.0 Å². The van der Waals surface area contributed by atoms with Crippen LogP contribution in [0.3, 0.4) is 0 Å². The quantitative estimate of drug-likeness (QED) is 0.890. The van der Waals surface area contributed by atoms with Gasteiger partial charge in [0.25, 0.3) is 11.5 Å². The zero-order valence-corrected chi connectivity index (χ0v) is 13.6. The first kappa shape index (κ1) is 15.7. The molecule has 0 radical (unpaired) electrons. The van der Waals surface area contributed by atoms with E-state index in [0.717, 1.165) is 31.5 Å². The molecule has 3 rings (SSSR count). The maximum atomic E-state index is 12.5. The highest BCUT2D eigenvalue weighted by molar-refractivity contribution is 5.93. The van der Waals surface area contributed by atoms with Gasteiger partial charge in [-0.2, -0.15) is 0 Å². The van der Waals surface area contributed by atoms with Crippen molar-refractivity contribution in [3.63, 3.8) is 0 Å². The first-order chi connectivity index (χ1) is 11.0. The zero-order valence-electron chi connectivity index (χ0n) is 13.6. The maximum absolute atomic E-state index is 12.5. The van der Waals surface area contributed by atoms with Crippen molar-refractivity contribution in [2.75, 3.05) is 19.6 Å². The molecular formula is C17H22N4O2. The molecule has 0 saturated carbocycles. The highest BCUT2D eigenvalue weighted by Crippen LogP contribution is 2.26. The molecule has 6 nitrogen and oxygen atoms in total. The van der Waals surface area contributed by atoms with E-state index in [-0.39, 0.29) is 22.4 Å². The molecule has 0 bridgehead atoms. The van der Waals surface area contributed by atoms with Crippen molar-refractivity contribution in [2.24, 2.45) is 5.41 Å². The summed E-state index contributed by atoms with van der Waals surface area (Å²) in [6.07, 6.45) is 5.06. The van der Waals surface area contributed by atoms with Gasteiger partial charge < -0.3 is 10.6 Å². The molecule has 1 aliphatic heterocycles. The minimum absolute atomic E-state index is 0.0818. The summed E-state index contributed by atoms with van der Waals surface area (Å²) in [6, 6.07) is 3.65. The molecule has 3 heterocycles. The minimum atomic E-state index is -0.350. The van der Waals surface area contributed by atoms with Crippen molar-refractivity contribution in [3.05, 3.63) is 46.0 Å². The second-order valence-corrected chi connectivity index (χ2v) is 6.65. The number of piperidine rings is 1. The van der Waals surface area contributed by atoms with Crippen molar-refractivity contribution >= 4 is 11.6 Å².